The molecule has 0 bridgehead atoms. The van der Waals surface area contributed by atoms with Gasteiger partial charge in [0.1, 0.15) is 5.75 Å². The van der Waals surface area contributed by atoms with E-state index < -0.39 is 0 Å². The van der Waals surface area contributed by atoms with Crippen molar-refractivity contribution in [1.29, 1.82) is 0 Å². The number of hydrogen-bond donors (Lipinski definition) is 3. The third-order valence-electron chi connectivity index (χ3n) is 1.38. The van der Waals surface area contributed by atoms with E-state index in [1.807, 2.05) is 0 Å². The van der Waals surface area contributed by atoms with E-state index in [0.29, 0.717) is 0 Å². The predicted molar refractivity (Wildman–Crippen MR) is 53.0 cm³/mol. The summed E-state index contributed by atoms with van der Waals surface area (Å²) >= 11 is 0. The van der Waals surface area contributed by atoms with Gasteiger partial charge in [0.25, 0.3) is 0 Å². The number of rotatable bonds is 2. The molecule has 5 N–H and O–H groups in total. The van der Waals surface area contributed by atoms with E-state index in [1.54, 1.807) is 30.3 Å². The van der Waals surface area contributed by atoms with Gasteiger partial charge in [-0.3, -0.25) is 0 Å². The summed E-state index contributed by atoms with van der Waals surface area (Å²) in [4.78, 5) is 3.67. The number of aromatic hydroxyl groups is 1. The minimum Gasteiger partial charge on any atom is -0.508 e. The van der Waals surface area contributed by atoms with Crippen molar-refractivity contribution < 1.29 is 5.11 Å². The van der Waals surface area contributed by atoms with E-state index in [0.717, 1.165) is 5.56 Å². The molecule has 13 heavy (non-hydrogen) atoms. The molecule has 0 aliphatic carbocycles. The van der Waals surface area contributed by atoms with Crippen molar-refractivity contribution in [2.75, 3.05) is 0 Å². The van der Waals surface area contributed by atoms with Gasteiger partial charge in [-0.2, -0.15) is 0 Å². The molecule has 0 spiro atoms. The number of phenolic OH excluding ortho intramolecular Hbond substituents is 1. The highest BCUT2D eigenvalue weighted by molar-refractivity contribution is 5.76. The lowest BCUT2D eigenvalue weighted by molar-refractivity contribution is 0.475. The first-order chi connectivity index (χ1) is 6.18. The standard InChI is InChI=1S/C9H11N3O/c10-9(11)12-6-5-7-1-3-8(13)4-2-7/h1-6,13H,(H4,10,11,12)/b6-5+. The van der Waals surface area contributed by atoms with E-state index >= 15 is 0 Å². The van der Waals surface area contributed by atoms with Crippen molar-refractivity contribution in [2.45, 2.75) is 0 Å². The number of nitrogens with zero attached hydrogens (tertiary/aromatic N) is 1. The van der Waals surface area contributed by atoms with Gasteiger partial charge in [0.05, 0.1) is 0 Å². The van der Waals surface area contributed by atoms with Crippen LogP contribution in [0.2, 0.25) is 0 Å². The smallest absolute Gasteiger partial charge is 0.190 e. The van der Waals surface area contributed by atoms with Crippen LogP contribution in [0.1, 0.15) is 5.56 Å². The van der Waals surface area contributed by atoms with Gasteiger partial charge >= 0.3 is 0 Å². The van der Waals surface area contributed by atoms with Crippen LogP contribution in [0, 0.1) is 0 Å². The molecule has 0 saturated carbocycles. The van der Waals surface area contributed by atoms with Crippen LogP contribution in [-0.4, -0.2) is 11.1 Å². The summed E-state index contributed by atoms with van der Waals surface area (Å²) in [7, 11) is 0. The Morgan fingerprint density at radius 1 is 1.23 bits per heavy atom. The fourth-order valence-corrected chi connectivity index (χ4v) is 0.795. The van der Waals surface area contributed by atoms with Gasteiger partial charge < -0.3 is 16.6 Å². The van der Waals surface area contributed by atoms with Gasteiger partial charge in [-0.15, -0.1) is 0 Å². The van der Waals surface area contributed by atoms with Crippen molar-refractivity contribution in [3.05, 3.63) is 36.0 Å². The van der Waals surface area contributed by atoms with Gasteiger partial charge in [-0.25, -0.2) is 4.99 Å². The van der Waals surface area contributed by atoms with E-state index in [1.165, 1.54) is 6.20 Å². The quantitative estimate of drug-likeness (QED) is 0.457. The van der Waals surface area contributed by atoms with E-state index in [9.17, 15) is 0 Å². The fourth-order valence-electron chi connectivity index (χ4n) is 0.795. The summed E-state index contributed by atoms with van der Waals surface area (Å²) < 4.78 is 0. The Kier molecular flexibility index (Phi) is 2.92. The first kappa shape index (κ1) is 9.12. The second-order valence-electron chi connectivity index (χ2n) is 2.46. The molecule has 68 valence electrons. The lowest BCUT2D eigenvalue weighted by Crippen LogP contribution is -2.21. The average Bonchev–Trinajstić information content (AvgIpc) is 2.08. The Morgan fingerprint density at radius 2 is 1.85 bits per heavy atom. The lowest BCUT2D eigenvalue weighted by Gasteiger charge is -1.92. The van der Waals surface area contributed by atoms with Gasteiger partial charge in [-0.1, -0.05) is 12.1 Å². The first-order valence-corrected chi connectivity index (χ1v) is 3.73. The van der Waals surface area contributed by atoms with E-state index in [-0.39, 0.29) is 11.7 Å². The molecule has 0 saturated heterocycles. The van der Waals surface area contributed by atoms with Crippen molar-refractivity contribution in [1.82, 2.24) is 0 Å². The molecule has 1 rings (SSSR count). The lowest BCUT2D eigenvalue weighted by atomic mass is 10.2. The number of benzene rings is 1. The molecule has 0 aliphatic rings. The Hall–Kier alpha value is -1.97. The number of nitrogens with two attached hydrogens (primary N) is 2. The SMILES string of the molecule is NC(N)=N/C=C/c1ccc(O)cc1. The minimum atomic E-state index is 0.0232. The largest absolute Gasteiger partial charge is 0.508 e. The van der Waals surface area contributed by atoms with Crippen molar-refractivity contribution >= 4 is 12.0 Å². The van der Waals surface area contributed by atoms with Gasteiger partial charge in [-0.05, 0) is 23.8 Å². The maximum absolute atomic E-state index is 8.98. The Morgan fingerprint density at radius 3 is 2.38 bits per heavy atom. The molecule has 0 heterocycles. The van der Waals surface area contributed by atoms with Crippen molar-refractivity contribution in [3.63, 3.8) is 0 Å². The van der Waals surface area contributed by atoms with E-state index in [2.05, 4.69) is 4.99 Å². The molecule has 1 aromatic carbocycles. The molecule has 0 aliphatic heterocycles. The third kappa shape index (κ3) is 3.29. The summed E-state index contributed by atoms with van der Waals surface area (Å²) in [6.07, 6.45) is 3.24. The zero-order valence-corrected chi connectivity index (χ0v) is 7.01. The predicted octanol–water partition coefficient (Wildman–Crippen LogP) is 0.636. The number of aliphatic imine (C=N–C) groups is 1. The summed E-state index contributed by atoms with van der Waals surface area (Å²) in [6, 6.07) is 6.70. The molecule has 1 aromatic rings. The molecule has 4 nitrogen and oxygen atoms in total. The molecule has 0 atom stereocenters. The second kappa shape index (κ2) is 4.15. The van der Waals surface area contributed by atoms with Crippen molar-refractivity contribution in [2.24, 2.45) is 16.5 Å². The molecule has 0 radical (unpaired) electrons. The average molecular weight is 177 g/mol. The summed E-state index contributed by atoms with van der Waals surface area (Å²) in [5, 5.41) is 8.98. The normalized spacial score (nSPS) is 10.2. The minimum absolute atomic E-state index is 0.0232. The molecule has 4 heteroatoms. The van der Waals surface area contributed by atoms with Gasteiger partial charge in [0.2, 0.25) is 0 Å². The molecule has 0 amide bonds. The summed E-state index contributed by atoms with van der Waals surface area (Å²) in [5.74, 6) is 0.258. The zero-order valence-electron chi connectivity index (χ0n) is 7.01. The molecular formula is C9H11N3O. The maximum Gasteiger partial charge on any atom is 0.190 e. The van der Waals surface area contributed by atoms with Crippen LogP contribution in [0.3, 0.4) is 0 Å². The van der Waals surface area contributed by atoms with Crippen LogP contribution >= 0.6 is 0 Å². The number of guanidine groups is 1. The van der Waals surface area contributed by atoms with E-state index in [4.69, 9.17) is 16.6 Å². The summed E-state index contributed by atoms with van der Waals surface area (Å²) in [6.45, 7) is 0. The maximum atomic E-state index is 8.98. The number of hydrogen-bond acceptors (Lipinski definition) is 2. The van der Waals surface area contributed by atoms with Crippen LogP contribution < -0.4 is 11.5 Å². The highest BCUT2D eigenvalue weighted by Gasteiger charge is 1.86. The Balaban J connectivity index is 2.70. The second-order valence-corrected chi connectivity index (χ2v) is 2.46. The Bertz CT molecular complexity index is 323. The van der Waals surface area contributed by atoms with Crippen LogP contribution in [-0.2, 0) is 0 Å². The highest BCUT2D eigenvalue weighted by Crippen LogP contribution is 2.10. The highest BCUT2D eigenvalue weighted by atomic mass is 16.3. The molecular weight excluding hydrogens is 166 g/mol. The molecule has 0 aromatic heterocycles. The topological polar surface area (TPSA) is 84.6 Å². The number of phenols is 1. The van der Waals surface area contributed by atoms with Gasteiger partial charge in [0, 0.05) is 6.20 Å². The van der Waals surface area contributed by atoms with Crippen molar-refractivity contribution in [3.8, 4) is 5.75 Å². The van der Waals surface area contributed by atoms with Crippen LogP contribution in [0.5, 0.6) is 5.75 Å². The summed E-state index contributed by atoms with van der Waals surface area (Å²) in [5.41, 5.74) is 11.2. The first-order valence-electron chi connectivity index (χ1n) is 3.73. The van der Waals surface area contributed by atoms with Crippen LogP contribution in [0.4, 0.5) is 0 Å². The molecule has 0 unspecified atom stereocenters. The fraction of sp³-hybridized carbons (Fsp3) is 0. The molecule has 0 fully saturated rings. The van der Waals surface area contributed by atoms with Crippen LogP contribution in [0.15, 0.2) is 35.5 Å². The monoisotopic (exact) mass is 177 g/mol. The van der Waals surface area contributed by atoms with Gasteiger partial charge in [0.15, 0.2) is 5.96 Å². The third-order valence-corrected chi connectivity index (χ3v) is 1.38. The van der Waals surface area contributed by atoms with Crippen LogP contribution in [0.25, 0.3) is 6.08 Å². The zero-order chi connectivity index (χ0) is 9.68. The Labute approximate surface area is 76.2 Å².